The summed E-state index contributed by atoms with van der Waals surface area (Å²) in [4.78, 5) is 13.8. The number of nitrogens with zero attached hydrogens (tertiary/aromatic N) is 2. The van der Waals surface area contributed by atoms with Crippen molar-refractivity contribution < 1.29 is 34.3 Å². The highest BCUT2D eigenvalue weighted by Crippen LogP contribution is 2.41. The van der Waals surface area contributed by atoms with Gasteiger partial charge in [-0.05, 0) is 54.2 Å². The zero-order valence-electron chi connectivity index (χ0n) is 21.7. The number of fused-ring (bicyclic) bond motifs is 1. The minimum Gasteiger partial charge on any atom is -0.494 e. The Bertz CT molecular complexity index is 1280. The fourth-order valence-corrected chi connectivity index (χ4v) is 5.18. The van der Waals surface area contributed by atoms with Gasteiger partial charge < -0.3 is 29.5 Å². The van der Waals surface area contributed by atoms with Crippen LogP contribution >= 0.6 is 0 Å². The van der Waals surface area contributed by atoms with Crippen LogP contribution in [0.4, 0.5) is 0 Å². The number of rotatable bonds is 12. The topological polar surface area (TPSA) is 114 Å². The monoisotopic (exact) mass is 522 g/mol. The number of hydrogen-bond acceptors (Lipinski definition) is 7. The standard InChI is InChI=1S/C29H34N2O7/c1-18(20-4-6-24-21(14-20)9-11-37-24)30(17-22-15-23(22)29(34)35)16-19-3-5-25(26(13-19)36-2)38-12-10-31-27(32)7-8-28(31)33/h3-8,13-14,18,22-23,32-33H,9-12,15-17H2,1-2H3,(H,34,35)/t18?,22-,23-/m0/s1. The second kappa shape index (κ2) is 10.9. The highest BCUT2D eigenvalue weighted by molar-refractivity contribution is 5.73. The number of carboxylic acid groups (broad SMARTS) is 1. The fourth-order valence-electron chi connectivity index (χ4n) is 5.18. The van der Waals surface area contributed by atoms with Gasteiger partial charge >= 0.3 is 5.97 Å². The van der Waals surface area contributed by atoms with Gasteiger partial charge in [0.15, 0.2) is 23.3 Å². The third kappa shape index (κ3) is 5.52. The van der Waals surface area contributed by atoms with Crippen LogP contribution in [0, 0.1) is 11.8 Å². The van der Waals surface area contributed by atoms with Gasteiger partial charge in [0.25, 0.3) is 0 Å². The maximum atomic E-state index is 11.5. The summed E-state index contributed by atoms with van der Waals surface area (Å²) in [6, 6.07) is 15.1. The van der Waals surface area contributed by atoms with Gasteiger partial charge in [0.2, 0.25) is 0 Å². The molecule has 9 nitrogen and oxygen atoms in total. The highest BCUT2D eigenvalue weighted by Gasteiger charge is 2.44. The molecule has 1 aliphatic heterocycles. The van der Waals surface area contributed by atoms with Crippen molar-refractivity contribution in [1.29, 1.82) is 0 Å². The van der Waals surface area contributed by atoms with Gasteiger partial charge in [-0.15, -0.1) is 0 Å². The van der Waals surface area contributed by atoms with Gasteiger partial charge in [0.05, 0.1) is 26.2 Å². The Balaban J connectivity index is 1.30. The van der Waals surface area contributed by atoms with Gasteiger partial charge in [0.1, 0.15) is 12.4 Å². The molecule has 1 aromatic heterocycles. The molecule has 0 spiro atoms. The maximum absolute atomic E-state index is 11.5. The molecule has 1 fully saturated rings. The minimum atomic E-state index is -0.720. The molecule has 2 heterocycles. The molecule has 3 aromatic rings. The van der Waals surface area contributed by atoms with Crippen LogP contribution in [0.3, 0.4) is 0 Å². The van der Waals surface area contributed by atoms with E-state index in [9.17, 15) is 20.1 Å². The molecule has 2 aliphatic rings. The average molecular weight is 523 g/mol. The molecule has 2 aromatic carbocycles. The molecule has 1 saturated carbocycles. The van der Waals surface area contributed by atoms with Crippen LogP contribution < -0.4 is 14.2 Å². The Labute approximate surface area is 221 Å². The zero-order chi connectivity index (χ0) is 26.8. The molecule has 0 saturated heterocycles. The summed E-state index contributed by atoms with van der Waals surface area (Å²) in [7, 11) is 1.59. The van der Waals surface area contributed by atoms with Crippen molar-refractivity contribution in [3.8, 4) is 29.0 Å². The number of aliphatic carboxylic acids is 1. The van der Waals surface area contributed by atoms with Gasteiger partial charge in [-0.1, -0.05) is 18.2 Å². The second-order valence-electron chi connectivity index (χ2n) is 10.0. The van der Waals surface area contributed by atoms with Crippen LogP contribution in [-0.2, 0) is 24.3 Å². The number of aromatic nitrogens is 1. The van der Waals surface area contributed by atoms with E-state index in [1.165, 1.54) is 27.8 Å². The molecule has 0 radical (unpaired) electrons. The van der Waals surface area contributed by atoms with Crippen molar-refractivity contribution in [2.45, 2.75) is 38.9 Å². The Kier molecular flexibility index (Phi) is 7.37. The van der Waals surface area contributed by atoms with E-state index >= 15 is 0 Å². The zero-order valence-corrected chi connectivity index (χ0v) is 21.7. The lowest BCUT2D eigenvalue weighted by atomic mass is 10.0. The molecule has 1 aliphatic carbocycles. The predicted molar refractivity (Wildman–Crippen MR) is 140 cm³/mol. The number of carbonyl (C=O) groups is 1. The summed E-state index contributed by atoms with van der Waals surface area (Å²) in [5.41, 5.74) is 3.43. The number of aromatic hydroxyl groups is 2. The van der Waals surface area contributed by atoms with Gasteiger partial charge in [-0.2, -0.15) is 0 Å². The van der Waals surface area contributed by atoms with Crippen molar-refractivity contribution in [3.63, 3.8) is 0 Å². The van der Waals surface area contributed by atoms with Crippen molar-refractivity contribution >= 4 is 5.97 Å². The molecule has 3 atom stereocenters. The fraction of sp³-hybridized carbons (Fsp3) is 0.414. The SMILES string of the molecule is COc1cc(CN(C[C@@H]2C[C@@H]2C(=O)O)C(C)c2ccc3c(c2)CCO3)ccc1OCCn1c(O)ccc1O. The lowest BCUT2D eigenvalue weighted by Gasteiger charge is -2.30. The average Bonchev–Trinajstić information content (AvgIpc) is 3.41. The van der Waals surface area contributed by atoms with Gasteiger partial charge in [-0.25, -0.2) is 0 Å². The van der Waals surface area contributed by atoms with E-state index in [-0.39, 0.29) is 42.8 Å². The lowest BCUT2D eigenvalue weighted by Crippen LogP contribution is -2.29. The summed E-state index contributed by atoms with van der Waals surface area (Å²) >= 11 is 0. The van der Waals surface area contributed by atoms with Crippen molar-refractivity contribution in [2.24, 2.45) is 11.8 Å². The Hall–Kier alpha value is -3.85. The van der Waals surface area contributed by atoms with E-state index in [1.807, 2.05) is 24.3 Å². The minimum absolute atomic E-state index is 0.0284. The second-order valence-corrected chi connectivity index (χ2v) is 10.0. The van der Waals surface area contributed by atoms with Crippen LogP contribution in [0.1, 0.15) is 36.1 Å². The quantitative estimate of drug-likeness (QED) is 0.324. The number of ether oxygens (including phenoxy) is 3. The lowest BCUT2D eigenvalue weighted by molar-refractivity contribution is -0.138. The smallest absolute Gasteiger partial charge is 0.306 e. The summed E-state index contributed by atoms with van der Waals surface area (Å²) in [5.74, 6) is 1.18. The van der Waals surface area contributed by atoms with Crippen molar-refractivity contribution in [2.75, 3.05) is 26.9 Å². The molecule has 3 N–H and O–H groups in total. The van der Waals surface area contributed by atoms with Crippen molar-refractivity contribution in [3.05, 3.63) is 65.2 Å². The largest absolute Gasteiger partial charge is 0.494 e. The van der Waals surface area contributed by atoms with E-state index in [2.05, 4.69) is 24.0 Å². The summed E-state index contributed by atoms with van der Waals surface area (Å²) < 4.78 is 18.5. The van der Waals surface area contributed by atoms with Crippen LogP contribution in [0.2, 0.25) is 0 Å². The van der Waals surface area contributed by atoms with E-state index in [4.69, 9.17) is 14.2 Å². The van der Waals surface area contributed by atoms with E-state index in [0.29, 0.717) is 37.6 Å². The number of benzene rings is 2. The van der Waals surface area contributed by atoms with Crippen LogP contribution in [-0.4, -0.2) is 57.6 Å². The van der Waals surface area contributed by atoms with E-state index < -0.39 is 5.97 Å². The van der Waals surface area contributed by atoms with Gasteiger partial charge in [0, 0.05) is 37.7 Å². The molecule has 202 valence electrons. The molecule has 38 heavy (non-hydrogen) atoms. The predicted octanol–water partition coefficient (Wildman–Crippen LogP) is 4.21. The first-order valence-corrected chi connectivity index (χ1v) is 12.9. The summed E-state index contributed by atoms with van der Waals surface area (Å²) in [5, 5.41) is 29.1. The third-order valence-corrected chi connectivity index (χ3v) is 7.57. The molecular formula is C29H34N2O7. The number of methoxy groups -OCH3 is 1. The number of carboxylic acids is 1. The number of hydrogen-bond donors (Lipinski definition) is 3. The molecule has 0 amide bonds. The van der Waals surface area contributed by atoms with E-state index in [1.54, 1.807) is 7.11 Å². The Morgan fingerprint density at radius 3 is 2.63 bits per heavy atom. The first-order chi connectivity index (χ1) is 18.3. The summed E-state index contributed by atoms with van der Waals surface area (Å²) in [6.45, 7) is 4.70. The first kappa shape index (κ1) is 25.8. The van der Waals surface area contributed by atoms with Crippen LogP contribution in [0.5, 0.6) is 29.0 Å². The maximum Gasteiger partial charge on any atom is 0.306 e. The summed E-state index contributed by atoms with van der Waals surface area (Å²) in [6.07, 6.45) is 1.61. The third-order valence-electron chi connectivity index (χ3n) is 7.57. The van der Waals surface area contributed by atoms with Crippen molar-refractivity contribution in [1.82, 2.24) is 9.47 Å². The first-order valence-electron chi connectivity index (χ1n) is 12.9. The van der Waals surface area contributed by atoms with Gasteiger partial charge in [-0.3, -0.25) is 14.3 Å². The molecule has 0 bridgehead atoms. The molecule has 5 rings (SSSR count). The van der Waals surface area contributed by atoms with E-state index in [0.717, 1.165) is 17.7 Å². The van der Waals surface area contributed by atoms with Crippen LogP contribution in [0.15, 0.2) is 48.5 Å². The highest BCUT2D eigenvalue weighted by atomic mass is 16.5. The molecular weight excluding hydrogens is 488 g/mol. The van der Waals surface area contributed by atoms with Crippen LogP contribution in [0.25, 0.3) is 0 Å². The molecule has 1 unspecified atom stereocenters. The molecule has 9 heteroatoms. The normalized spacial score (nSPS) is 18.6. The Morgan fingerprint density at radius 1 is 1.13 bits per heavy atom. The Morgan fingerprint density at radius 2 is 1.92 bits per heavy atom.